The molecule has 0 aliphatic heterocycles. The van der Waals surface area contributed by atoms with Crippen LogP contribution in [-0.4, -0.2) is 33.6 Å². The van der Waals surface area contributed by atoms with E-state index >= 15 is 0 Å². The van der Waals surface area contributed by atoms with Gasteiger partial charge in [-0.15, -0.1) is 0 Å². The first-order chi connectivity index (χ1) is 9.94. The molecule has 21 heavy (non-hydrogen) atoms. The normalized spacial score (nSPS) is 17.7. The fourth-order valence-corrected chi connectivity index (χ4v) is 3.23. The van der Waals surface area contributed by atoms with E-state index in [1.807, 2.05) is 13.1 Å². The van der Waals surface area contributed by atoms with E-state index in [0.717, 1.165) is 37.2 Å². The van der Waals surface area contributed by atoms with Gasteiger partial charge in [0.1, 0.15) is 12.1 Å². The minimum Gasteiger partial charge on any atom is -0.481 e. The first-order valence-corrected chi connectivity index (χ1v) is 7.72. The van der Waals surface area contributed by atoms with Gasteiger partial charge < -0.3 is 10.0 Å². The van der Waals surface area contributed by atoms with Gasteiger partial charge in [0.25, 0.3) is 0 Å². The summed E-state index contributed by atoms with van der Waals surface area (Å²) in [6.07, 6.45) is 6.94. The number of aromatic nitrogens is 2. The molecule has 0 atom stereocenters. The SMILES string of the molecule is CC(C)c1cc(N(C)C2(CC(=O)O)CCCCC2)ncn1. The van der Waals surface area contributed by atoms with E-state index in [0.29, 0.717) is 5.92 Å². The lowest BCUT2D eigenvalue weighted by Crippen LogP contribution is -2.50. The Kier molecular flexibility index (Phi) is 4.80. The van der Waals surface area contributed by atoms with Crippen LogP contribution in [0.2, 0.25) is 0 Å². The predicted octanol–water partition coefficient (Wildman–Crippen LogP) is 3.21. The molecular weight excluding hydrogens is 266 g/mol. The maximum Gasteiger partial charge on any atom is 0.305 e. The summed E-state index contributed by atoms with van der Waals surface area (Å²) in [5.41, 5.74) is 0.681. The molecule has 0 spiro atoms. The van der Waals surface area contributed by atoms with Crippen molar-refractivity contribution in [3.8, 4) is 0 Å². The van der Waals surface area contributed by atoms with E-state index in [1.165, 1.54) is 6.42 Å². The number of carboxylic acid groups (broad SMARTS) is 1. The number of carboxylic acids is 1. The molecule has 116 valence electrons. The highest BCUT2D eigenvalue weighted by Crippen LogP contribution is 2.38. The lowest BCUT2D eigenvalue weighted by molar-refractivity contribution is -0.138. The Bertz CT molecular complexity index is 496. The van der Waals surface area contributed by atoms with Crippen molar-refractivity contribution in [2.24, 2.45) is 0 Å². The van der Waals surface area contributed by atoms with Crippen LogP contribution in [0, 0.1) is 0 Å². The molecule has 5 nitrogen and oxygen atoms in total. The molecule has 1 fully saturated rings. The second-order valence-electron chi connectivity index (χ2n) is 6.37. The van der Waals surface area contributed by atoms with E-state index in [2.05, 4.69) is 28.7 Å². The third kappa shape index (κ3) is 3.52. The number of hydrogen-bond acceptors (Lipinski definition) is 4. The van der Waals surface area contributed by atoms with Gasteiger partial charge in [0, 0.05) is 18.8 Å². The molecule has 1 aliphatic carbocycles. The zero-order chi connectivity index (χ0) is 15.5. The molecule has 0 unspecified atom stereocenters. The van der Waals surface area contributed by atoms with Gasteiger partial charge in [-0.1, -0.05) is 33.1 Å². The Balaban J connectivity index is 2.31. The Morgan fingerprint density at radius 3 is 2.57 bits per heavy atom. The fourth-order valence-electron chi connectivity index (χ4n) is 3.23. The van der Waals surface area contributed by atoms with E-state index in [1.54, 1.807) is 6.33 Å². The number of hydrogen-bond donors (Lipinski definition) is 1. The fraction of sp³-hybridized carbons (Fsp3) is 0.688. The quantitative estimate of drug-likeness (QED) is 0.902. The highest BCUT2D eigenvalue weighted by molar-refractivity contribution is 5.69. The van der Waals surface area contributed by atoms with Crippen molar-refractivity contribution >= 4 is 11.8 Å². The van der Waals surface area contributed by atoms with Crippen LogP contribution in [0.4, 0.5) is 5.82 Å². The summed E-state index contributed by atoms with van der Waals surface area (Å²) in [7, 11) is 1.97. The maximum absolute atomic E-state index is 11.3. The molecular formula is C16H25N3O2. The Hall–Kier alpha value is -1.65. The minimum atomic E-state index is -0.734. The molecule has 0 radical (unpaired) electrons. The van der Waals surface area contributed by atoms with Crippen LogP contribution in [0.3, 0.4) is 0 Å². The van der Waals surface area contributed by atoms with Gasteiger partial charge in [0.2, 0.25) is 0 Å². The van der Waals surface area contributed by atoms with Gasteiger partial charge in [0.05, 0.1) is 12.0 Å². The molecule has 2 rings (SSSR count). The molecule has 0 bridgehead atoms. The summed E-state index contributed by atoms with van der Waals surface area (Å²) >= 11 is 0. The first kappa shape index (κ1) is 15.7. The van der Waals surface area contributed by atoms with Gasteiger partial charge in [0.15, 0.2) is 0 Å². The van der Waals surface area contributed by atoms with Gasteiger partial charge in [-0.3, -0.25) is 4.79 Å². The minimum absolute atomic E-state index is 0.171. The molecule has 0 saturated heterocycles. The highest BCUT2D eigenvalue weighted by atomic mass is 16.4. The number of rotatable bonds is 5. The number of aliphatic carboxylic acids is 1. The van der Waals surface area contributed by atoms with Crippen molar-refractivity contribution in [2.45, 2.75) is 63.8 Å². The molecule has 1 aliphatic rings. The van der Waals surface area contributed by atoms with Crippen LogP contribution >= 0.6 is 0 Å². The second kappa shape index (κ2) is 6.41. The average molecular weight is 291 g/mol. The molecule has 0 aromatic carbocycles. The molecule has 0 amide bonds. The topological polar surface area (TPSA) is 66.3 Å². The molecule has 1 N–H and O–H groups in total. The lowest BCUT2D eigenvalue weighted by atomic mass is 9.78. The molecule has 5 heteroatoms. The standard InChI is InChI=1S/C16H25N3O2/c1-12(2)13-9-14(18-11-17-13)19(3)16(10-15(20)21)7-5-4-6-8-16/h9,11-12H,4-8,10H2,1-3H3,(H,20,21). The predicted molar refractivity (Wildman–Crippen MR) is 82.6 cm³/mol. The van der Waals surface area contributed by atoms with Crippen molar-refractivity contribution in [1.29, 1.82) is 0 Å². The summed E-state index contributed by atoms with van der Waals surface area (Å²) < 4.78 is 0. The number of anilines is 1. The third-order valence-electron chi connectivity index (χ3n) is 4.59. The number of carbonyl (C=O) groups is 1. The summed E-state index contributed by atoms with van der Waals surface area (Å²) in [5, 5.41) is 9.31. The van der Waals surface area contributed by atoms with Crippen molar-refractivity contribution in [2.75, 3.05) is 11.9 Å². The van der Waals surface area contributed by atoms with E-state index < -0.39 is 5.97 Å². The molecule has 1 aromatic rings. The van der Waals surface area contributed by atoms with Gasteiger partial charge >= 0.3 is 5.97 Å². The van der Waals surface area contributed by atoms with Crippen LogP contribution in [0.15, 0.2) is 12.4 Å². The largest absolute Gasteiger partial charge is 0.481 e. The molecule has 1 heterocycles. The van der Waals surface area contributed by atoms with Crippen LogP contribution < -0.4 is 4.90 Å². The van der Waals surface area contributed by atoms with Crippen LogP contribution in [0.25, 0.3) is 0 Å². The van der Waals surface area contributed by atoms with Gasteiger partial charge in [-0.05, 0) is 18.8 Å². The summed E-state index contributed by atoms with van der Waals surface area (Å²) in [6, 6.07) is 1.99. The average Bonchev–Trinajstić information content (AvgIpc) is 2.47. The van der Waals surface area contributed by atoms with Gasteiger partial charge in [-0.2, -0.15) is 0 Å². The van der Waals surface area contributed by atoms with Crippen molar-refractivity contribution in [1.82, 2.24) is 9.97 Å². The summed E-state index contributed by atoms with van der Waals surface area (Å²) in [4.78, 5) is 22.1. The van der Waals surface area contributed by atoms with Crippen molar-refractivity contribution in [3.63, 3.8) is 0 Å². The van der Waals surface area contributed by atoms with Crippen LogP contribution in [0.1, 0.15) is 64.0 Å². The van der Waals surface area contributed by atoms with Crippen LogP contribution in [-0.2, 0) is 4.79 Å². The van der Waals surface area contributed by atoms with Crippen LogP contribution in [0.5, 0.6) is 0 Å². The first-order valence-electron chi connectivity index (χ1n) is 7.72. The molecule has 1 saturated carbocycles. The van der Waals surface area contributed by atoms with Crippen molar-refractivity contribution in [3.05, 3.63) is 18.1 Å². The zero-order valence-corrected chi connectivity index (χ0v) is 13.2. The number of nitrogens with zero attached hydrogens (tertiary/aromatic N) is 3. The zero-order valence-electron chi connectivity index (χ0n) is 13.2. The van der Waals surface area contributed by atoms with Gasteiger partial charge in [-0.25, -0.2) is 9.97 Å². The Morgan fingerprint density at radius 1 is 1.33 bits per heavy atom. The monoisotopic (exact) mass is 291 g/mol. The molecule has 1 aromatic heterocycles. The highest BCUT2D eigenvalue weighted by Gasteiger charge is 2.39. The lowest BCUT2D eigenvalue weighted by Gasteiger charge is -2.44. The smallest absolute Gasteiger partial charge is 0.305 e. The second-order valence-corrected chi connectivity index (χ2v) is 6.37. The third-order valence-corrected chi connectivity index (χ3v) is 4.59. The Labute approximate surface area is 126 Å². The van der Waals surface area contributed by atoms with Crippen molar-refractivity contribution < 1.29 is 9.90 Å². The summed E-state index contributed by atoms with van der Waals surface area (Å²) in [5.74, 6) is 0.431. The summed E-state index contributed by atoms with van der Waals surface area (Å²) in [6.45, 7) is 4.19. The van der Waals surface area contributed by atoms with E-state index in [4.69, 9.17) is 0 Å². The van der Waals surface area contributed by atoms with E-state index in [9.17, 15) is 9.90 Å². The van der Waals surface area contributed by atoms with E-state index in [-0.39, 0.29) is 12.0 Å². The Morgan fingerprint density at radius 2 is 2.00 bits per heavy atom. The maximum atomic E-state index is 11.3.